The van der Waals surface area contributed by atoms with E-state index in [9.17, 15) is 9.59 Å². The summed E-state index contributed by atoms with van der Waals surface area (Å²) in [5.41, 5.74) is 0. The van der Waals surface area contributed by atoms with Crippen LogP contribution in [-0.2, 0) is 9.59 Å². The lowest BCUT2D eigenvalue weighted by Gasteiger charge is -2.13. The summed E-state index contributed by atoms with van der Waals surface area (Å²) in [6.07, 6.45) is 0.331. The second-order valence-electron chi connectivity index (χ2n) is 3.53. The van der Waals surface area contributed by atoms with Gasteiger partial charge in [0.1, 0.15) is 0 Å². The van der Waals surface area contributed by atoms with Crippen LogP contribution in [0.5, 0.6) is 0 Å². The number of hydrogen-bond donors (Lipinski definition) is 2. The highest BCUT2D eigenvalue weighted by molar-refractivity contribution is 5.78. The van der Waals surface area contributed by atoms with Crippen LogP contribution in [0.3, 0.4) is 0 Å². The Labute approximate surface area is 79.1 Å². The van der Waals surface area contributed by atoms with E-state index >= 15 is 0 Å². The number of nitrogens with one attached hydrogen (secondary N) is 2. The predicted molar refractivity (Wildman–Crippen MR) is 51.2 cm³/mol. The van der Waals surface area contributed by atoms with Crippen molar-refractivity contribution in [2.24, 2.45) is 0 Å². The number of rotatable bonds is 4. The molecule has 0 aromatic rings. The van der Waals surface area contributed by atoms with Crippen LogP contribution in [-0.4, -0.2) is 23.9 Å². The molecule has 0 rings (SSSR count). The molecule has 1 atom stereocenters. The molecule has 0 aliphatic rings. The van der Waals surface area contributed by atoms with E-state index in [4.69, 9.17) is 0 Å². The summed E-state index contributed by atoms with van der Waals surface area (Å²) in [5, 5.41) is 5.40. The number of carbonyl (C=O) groups excluding carboxylic acids is 2. The third kappa shape index (κ3) is 7.31. The number of carbonyl (C=O) groups is 2. The van der Waals surface area contributed by atoms with E-state index in [1.807, 2.05) is 13.8 Å². The molecule has 0 aromatic carbocycles. The molecular formula is C9H18N2O2. The van der Waals surface area contributed by atoms with Crippen molar-refractivity contribution in [2.75, 3.05) is 0 Å². The van der Waals surface area contributed by atoms with Crippen molar-refractivity contribution in [2.45, 2.75) is 46.2 Å². The lowest BCUT2D eigenvalue weighted by molar-refractivity contribution is -0.122. The van der Waals surface area contributed by atoms with Crippen molar-refractivity contribution in [1.82, 2.24) is 10.6 Å². The summed E-state index contributed by atoms with van der Waals surface area (Å²) in [5.74, 6) is -0.138. The Hall–Kier alpha value is -1.06. The molecular weight excluding hydrogens is 168 g/mol. The zero-order valence-electron chi connectivity index (χ0n) is 8.68. The fourth-order valence-electron chi connectivity index (χ4n) is 1.06. The van der Waals surface area contributed by atoms with Gasteiger partial charge in [0.2, 0.25) is 11.8 Å². The van der Waals surface area contributed by atoms with Crippen LogP contribution in [0.15, 0.2) is 0 Å². The summed E-state index contributed by atoms with van der Waals surface area (Å²) in [6.45, 7) is 7.06. The van der Waals surface area contributed by atoms with Gasteiger partial charge in [-0.2, -0.15) is 0 Å². The Morgan fingerprint density at radius 2 is 1.69 bits per heavy atom. The van der Waals surface area contributed by atoms with Gasteiger partial charge in [-0.15, -0.1) is 0 Å². The predicted octanol–water partition coefficient (Wildman–Crippen LogP) is 0.426. The highest BCUT2D eigenvalue weighted by atomic mass is 16.2. The Kier molecular flexibility index (Phi) is 5.11. The molecule has 4 nitrogen and oxygen atoms in total. The van der Waals surface area contributed by atoms with Gasteiger partial charge in [-0.1, -0.05) is 0 Å². The SMILES string of the molecule is CC(=O)NC(C)CC(=O)NC(C)C. The minimum atomic E-state index is -0.107. The molecule has 2 amide bonds. The van der Waals surface area contributed by atoms with Gasteiger partial charge < -0.3 is 10.6 Å². The Balaban J connectivity index is 3.71. The van der Waals surface area contributed by atoms with Crippen molar-refractivity contribution in [3.63, 3.8) is 0 Å². The van der Waals surface area contributed by atoms with Crippen LogP contribution >= 0.6 is 0 Å². The van der Waals surface area contributed by atoms with Crippen molar-refractivity contribution in [3.05, 3.63) is 0 Å². The van der Waals surface area contributed by atoms with Gasteiger partial charge in [-0.25, -0.2) is 0 Å². The van der Waals surface area contributed by atoms with Crippen molar-refractivity contribution >= 4 is 11.8 Å². The summed E-state index contributed by atoms with van der Waals surface area (Å²) in [4.78, 5) is 21.8. The van der Waals surface area contributed by atoms with E-state index < -0.39 is 0 Å². The lowest BCUT2D eigenvalue weighted by atomic mass is 10.2. The maximum atomic E-state index is 11.2. The molecule has 0 radical (unpaired) electrons. The molecule has 13 heavy (non-hydrogen) atoms. The lowest BCUT2D eigenvalue weighted by Crippen LogP contribution is -2.38. The third-order valence-electron chi connectivity index (χ3n) is 1.39. The molecule has 0 spiro atoms. The molecule has 1 unspecified atom stereocenters. The average molecular weight is 186 g/mol. The number of amides is 2. The first-order valence-electron chi connectivity index (χ1n) is 4.48. The number of hydrogen-bond acceptors (Lipinski definition) is 2. The van der Waals surface area contributed by atoms with Gasteiger partial charge in [0.15, 0.2) is 0 Å². The van der Waals surface area contributed by atoms with Crippen LogP contribution in [0.1, 0.15) is 34.1 Å². The normalized spacial score (nSPS) is 12.4. The fraction of sp³-hybridized carbons (Fsp3) is 0.778. The molecule has 76 valence electrons. The molecule has 0 aliphatic heterocycles. The van der Waals surface area contributed by atoms with Crippen molar-refractivity contribution < 1.29 is 9.59 Å². The zero-order chi connectivity index (χ0) is 10.4. The molecule has 0 saturated carbocycles. The first kappa shape index (κ1) is 11.9. The van der Waals surface area contributed by atoms with E-state index in [1.54, 1.807) is 6.92 Å². The summed E-state index contributed by atoms with van der Waals surface area (Å²) in [7, 11) is 0. The van der Waals surface area contributed by atoms with Crippen molar-refractivity contribution in [1.29, 1.82) is 0 Å². The fourth-order valence-corrected chi connectivity index (χ4v) is 1.06. The van der Waals surface area contributed by atoms with Crippen molar-refractivity contribution in [3.8, 4) is 0 Å². The van der Waals surface area contributed by atoms with E-state index in [0.29, 0.717) is 6.42 Å². The Morgan fingerprint density at radius 1 is 1.15 bits per heavy atom. The Bertz CT molecular complexity index is 190. The van der Waals surface area contributed by atoms with Gasteiger partial charge >= 0.3 is 0 Å². The molecule has 4 heteroatoms. The topological polar surface area (TPSA) is 58.2 Å². The van der Waals surface area contributed by atoms with E-state index in [2.05, 4.69) is 10.6 Å². The average Bonchev–Trinajstić information content (AvgIpc) is 1.80. The highest BCUT2D eigenvalue weighted by Crippen LogP contribution is 1.91. The van der Waals surface area contributed by atoms with E-state index in [1.165, 1.54) is 6.92 Å². The van der Waals surface area contributed by atoms with Gasteiger partial charge in [0.05, 0.1) is 0 Å². The maximum absolute atomic E-state index is 11.2. The second-order valence-corrected chi connectivity index (χ2v) is 3.53. The minimum absolute atomic E-state index is 0.0312. The van der Waals surface area contributed by atoms with Crippen LogP contribution < -0.4 is 10.6 Å². The van der Waals surface area contributed by atoms with E-state index in [-0.39, 0.29) is 23.9 Å². The molecule has 0 saturated heterocycles. The molecule has 0 aliphatic carbocycles. The molecule has 0 fully saturated rings. The largest absolute Gasteiger partial charge is 0.354 e. The quantitative estimate of drug-likeness (QED) is 0.668. The van der Waals surface area contributed by atoms with Crippen LogP contribution in [0, 0.1) is 0 Å². The monoisotopic (exact) mass is 186 g/mol. The summed E-state index contributed by atoms with van der Waals surface area (Å²) < 4.78 is 0. The molecule has 0 aromatic heterocycles. The summed E-state index contributed by atoms with van der Waals surface area (Å²) in [6, 6.07) is 0.0493. The first-order chi connectivity index (χ1) is 5.91. The first-order valence-corrected chi connectivity index (χ1v) is 4.48. The smallest absolute Gasteiger partial charge is 0.222 e. The van der Waals surface area contributed by atoms with Crippen LogP contribution in [0.4, 0.5) is 0 Å². The summed E-state index contributed by atoms with van der Waals surface area (Å²) >= 11 is 0. The van der Waals surface area contributed by atoms with Gasteiger partial charge in [0.25, 0.3) is 0 Å². The second kappa shape index (κ2) is 5.56. The van der Waals surface area contributed by atoms with Gasteiger partial charge in [-0.05, 0) is 20.8 Å². The third-order valence-corrected chi connectivity index (χ3v) is 1.39. The molecule has 0 heterocycles. The molecule has 2 N–H and O–H groups in total. The van der Waals surface area contributed by atoms with Crippen LogP contribution in [0.25, 0.3) is 0 Å². The maximum Gasteiger partial charge on any atom is 0.222 e. The molecule has 0 bridgehead atoms. The zero-order valence-corrected chi connectivity index (χ0v) is 8.68. The van der Waals surface area contributed by atoms with Gasteiger partial charge in [0, 0.05) is 25.4 Å². The Morgan fingerprint density at radius 3 is 2.08 bits per heavy atom. The highest BCUT2D eigenvalue weighted by Gasteiger charge is 2.09. The van der Waals surface area contributed by atoms with Crippen LogP contribution in [0.2, 0.25) is 0 Å². The van der Waals surface area contributed by atoms with E-state index in [0.717, 1.165) is 0 Å². The van der Waals surface area contributed by atoms with Gasteiger partial charge in [-0.3, -0.25) is 9.59 Å². The minimum Gasteiger partial charge on any atom is -0.354 e. The standard InChI is InChI=1S/C9H18N2O2/c1-6(2)10-9(13)5-7(3)11-8(4)12/h6-7H,5H2,1-4H3,(H,10,13)(H,11,12).